The van der Waals surface area contributed by atoms with Gasteiger partial charge in [-0.3, -0.25) is 9.97 Å². The summed E-state index contributed by atoms with van der Waals surface area (Å²) in [6.45, 7) is 13.1. The number of nitrogens with zero attached hydrogens (tertiary/aromatic N) is 5. The molecule has 3 heterocycles. The normalized spacial score (nSPS) is 11.5. The quantitative estimate of drug-likeness (QED) is 0.0606. The number of aryl methyl sites for hydroxylation is 3. The van der Waals surface area contributed by atoms with Gasteiger partial charge in [-0.05, 0) is 130 Å². The molecule has 290 valence electrons. The van der Waals surface area contributed by atoms with Crippen molar-refractivity contribution in [1.82, 2.24) is 19.5 Å². The molecular weight excluding hydrogens is 691 g/mol. The van der Waals surface area contributed by atoms with Gasteiger partial charge in [-0.25, -0.2) is 4.98 Å². The Morgan fingerprint density at radius 1 is 0.482 bits per heavy atom. The van der Waals surface area contributed by atoms with Crippen molar-refractivity contribution in [2.24, 2.45) is 0 Å². The SMILES string of the molecule is CCCCCCCCn1c(-c2ccc(N(c3ccc(OCCCC)cc3)c3ccc(OCCCC)cc3)cc2)nc2c3ccc(C)nc3c3nc(C)ccc3c21. The molecule has 0 fully saturated rings. The molecule has 0 spiro atoms. The van der Waals surface area contributed by atoms with E-state index in [0.29, 0.717) is 0 Å². The van der Waals surface area contributed by atoms with Crippen LogP contribution in [-0.2, 0) is 6.54 Å². The lowest BCUT2D eigenvalue weighted by molar-refractivity contribution is 0.309. The highest BCUT2D eigenvalue weighted by atomic mass is 16.5. The minimum absolute atomic E-state index is 0.724. The number of benzene rings is 4. The van der Waals surface area contributed by atoms with E-state index in [4.69, 9.17) is 24.4 Å². The molecular formula is C49H57N5O2. The molecule has 56 heavy (non-hydrogen) atoms. The summed E-state index contributed by atoms with van der Waals surface area (Å²) in [5.41, 5.74) is 10.2. The van der Waals surface area contributed by atoms with Crippen LogP contribution in [0.1, 0.15) is 96.4 Å². The zero-order valence-electron chi connectivity index (χ0n) is 34.0. The average Bonchev–Trinajstić information content (AvgIpc) is 3.60. The molecule has 0 aliphatic heterocycles. The number of unbranched alkanes of at least 4 members (excludes halogenated alkanes) is 7. The Morgan fingerprint density at radius 2 is 0.964 bits per heavy atom. The van der Waals surface area contributed by atoms with Crippen molar-refractivity contribution in [2.45, 2.75) is 105 Å². The largest absolute Gasteiger partial charge is 0.494 e. The van der Waals surface area contributed by atoms with E-state index in [-0.39, 0.29) is 0 Å². The van der Waals surface area contributed by atoms with E-state index in [1.807, 2.05) is 6.92 Å². The molecule has 4 aromatic carbocycles. The van der Waals surface area contributed by atoms with Crippen molar-refractivity contribution < 1.29 is 9.47 Å². The Kier molecular flexibility index (Phi) is 12.8. The van der Waals surface area contributed by atoms with Crippen molar-refractivity contribution in [3.8, 4) is 22.9 Å². The minimum atomic E-state index is 0.724. The topological polar surface area (TPSA) is 65.3 Å². The van der Waals surface area contributed by atoms with Crippen molar-refractivity contribution in [3.63, 3.8) is 0 Å². The smallest absolute Gasteiger partial charge is 0.141 e. The molecule has 0 aliphatic carbocycles. The fourth-order valence-electron chi connectivity index (χ4n) is 7.52. The van der Waals surface area contributed by atoms with E-state index in [1.54, 1.807) is 0 Å². The highest BCUT2D eigenvalue weighted by Gasteiger charge is 2.21. The van der Waals surface area contributed by atoms with Crippen LogP contribution >= 0.6 is 0 Å². The second-order valence-electron chi connectivity index (χ2n) is 15.0. The summed E-state index contributed by atoms with van der Waals surface area (Å²) in [7, 11) is 0. The van der Waals surface area contributed by atoms with E-state index < -0.39 is 0 Å². The predicted octanol–water partition coefficient (Wildman–Crippen LogP) is 13.6. The van der Waals surface area contributed by atoms with Crippen LogP contribution in [0.5, 0.6) is 11.5 Å². The third-order valence-corrected chi connectivity index (χ3v) is 10.6. The summed E-state index contributed by atoms with van der Waals surface area (Å²) in [5.74, 6) is 2.75. The maximum absolute atomic E-state index is 6.02. The predicted molar refractivity (Wildman–Crippen MR) is 234 cm³/mol. The summed E-state index contributed by atoms with van der Waals surface area (Å²) < 4.78 is 14.5. The first-order valence-corrected chi connectivity index (χ1v) is 20.9. The van der Waals surface area contributed by atoms with E-state index in [2.05, 4.69) is 134 Å². The number of ether oxygens (including phenoxy) is 2. The van der Waals surface area contributed by atoms with Crippen LogP contribution in [0.25, 0.3) is 44.2 Å². The molecule has 7 rings (SSSR count). The van der Waals surface area contributed by atoms with Crippen LogP contribution in [-0.4, -0.2) is 32.7 Å². The Bertz CT molecular complexity index is 2290. The lowest BCUT2D eigenvalue weighted by Crippen LogP contribution is -2.10. The third-order valence-electron chi connectivity index (χ3n) is 10.6. The van der Waals surface area contributed by atoms with Gasteiger partial charge in [0.15, 0.2) is 0 Å². The standard InChI is InChI=1S/C49H57N5O2/c1-6-9-12-13-14-15-32-53-48-44-31-17-36(5)51-46(44)45-43(30-16-35(4)50-45)47(48)52-49(53)37-18-20-38(21-19-37)54(39-22-26-41(27-23-39)55-33-10-7-2)40-24-28-42(29-25-40)56-34-11-8-3/h16-31H,6-15,32-34H2,1-5H3. The molecule has 0 unspecified atom stereocenters. The van der Waals surface area contributed by atoms with Crippen LogP contribution < -0.4 is 14.4 Å². The van der Waals surface area contributed by atoms with E-state index >= 15 is 0 Å². The van der Waals surface area contributed by atoms with Gasteiger partial charge < -0.3 is 18.9 Å². The van der Waals surface area contributed by atoms with E-state index in [9.17, 15) is 0 Å². The minimum Gasteiger partial charge on any atom is -0.494 e. The number of hydrogen-bond acceptors (Lipinski definition) is 6. The Balaban J connectivity index is 1.30. The van der Waals surface area contributed by atoms with Gasteiger partial charge in [0.1, 0.15) is 17.3 Å². The van der Waals surface area contributed by atoms with Crippen LogP contribution in [0.3, 0.4) is 0 Å². The van der Waals surface area contributed by atoms with E-state index in [1.165, 1.54) is 32.1 Å². The number of anilines is 3. The van der Waals surface area contributed by atoms with Crippen molar-refractivity contribution in [3.05, 3.63) is 108 Å². The van der Waals surface area contributed by atoms with Gasteiger partial charge in [-0.15, -0.1) is 0 Å². The Morgan fingerprint density at radius 3 is 1.52 bits per heavy atom. The van der Waals surface area contributed by atoms with Crippen LogP contribution in [0.15, 0.2) is 97.1 Å². The Labute approximate surface area is 332 Å². The monoisotopic (exact) mass is 747 g/mol. The Hall–Kier alpha value is -5.43. The van der Waals surface area contributed by atoms with E-state index in [0.717, 1.165) is 136 Å². The average molecular weight is 748 g/mol. The molecule has 0 bridgehead atoms. The summed E-state index contributed by atoms with van der Waals surface area (Å²) in [4.78, 5) is 17.8. The molecule has 0 atom stereocenters. The molecule has 7 heteroatoms. The highest BCUT2D eigenvalue weighted by Crippen LogP contribution is 2.40. The van der Waals surface area contributed by atoms with Gasteiger partial charge >= 0.3 is 0 Å². The number of imidazole rings is 1. The number of pyridine rings is 2. The van der Waals surface area contributed by atoms with Gasteiger partial charge in [0, 0.05) is 51.3 Å². The molecule has 0 saturated heterocycles. The molecule has 0 amide bonds. The first-order chi connectivity index (χ1) is 27.5. The van der Waals surface area contributed by atoms with Gasteiger partial charge in [-0.1, -0.05) is 65.7 Å². The van der Waals surface area contributed by atoms with Crippen LogP contribution in [0.4, 0.5) is 17.1 Å². The third kappa shape index (κ3) is 8.67. The van der Waals surface area contributed by atoms with Crippen molar-refractivity contribution in [1.29, 1.82) is 0 Å². The fraction of sp³-hybridized carbons (Fsp3) is 0.367. The molecule has 0 radical (unpaired) electrons. The molecule has 3 aromatic heterocycles. The first kappa shape index (κ1) is 38.8. The molecule has 0 saturated carbocycles. The number of aromatic nitrogens is 4. The summed E-state index contributed by atoms with van der Waals surface area (Å²) >= 11 is 0. The second kappa shape index (κ2) is 18.5. The zero-order chi connectivity index (χ0) is 38.9. The van der Waals surface area contributed by atoms with Gasteiger partial charge in [0.25, 0.3) is 0 Å². The fourth-order valence-corrected chi connectivity index (χ4v) is 7.52. The highest BCUT2D eigenvalue weighted by molar-refractivity contribution is 6.21. The summed E-state index contributed by atoms with van der Waals surface area (Å²) in [5, 5.41) is 2.15. The zero-order valence-corrected chi connectivity index (χ0v) is 34.0. The molecule has 0 N–H and O–H groups in total. The van der Waals surface area contributed by atoms with Gasteiger partial charge in [0.05, 0.1) is 35.3 Å². The molecule has 0 aliphatic rings. The second-order valence-corrected chi connectivity index (χ2v) is 15.0. The van der Waals surface area contributed by atoms with Crippen LogP contribution in [0.2, 0.25) is 0 Å². The first-order valence-electron chi connectivity index (χ1n) is 20.9. The summed E-state index contributed by atoms with van der Waals surface area (Å²) in [6, 6.07) is 34.3. The van der Waals surface area contributed by atoms with Gasteiger partial charge in [0.2, 0.25) is 0 Å². The molecule has 7 nitrogen and oxygen atoms in total. The van der Waals surface area contributed by atoms with Crippen molar-refractivity contribution >= 4 is 49.9 Å². The number of rotatable bonds is 19. The molecule has 7 aromatic rings. The van der Waals surface area contributed by atoms with Crippen LogP contribution in [0, 0.1) is 13.8 Å². The maximum atomic E-state index is 6.02. The number of hydrogen-bond donors (Lipinski definition) is 0. The van der Waals surface area contributed by atoms with Crippen molar-refractivity contribution in [2.75, 3.05) is 18.1 Å². The lowest BCUT2D eigenvalue weighted by Gasteiger charge is -2.26. The lowest BCUT2D eigenvalue weighted by atomic mass is 10.1. The summed E-state index contributed by atoms with van der Waals surface area (Å²) in [6.07, 6.45) is 11.7. The maximum Gasteiger partial charge on any atom is 0.141 e. The van der Waals surface area contributed by atoms with Gasteiger partial charge in [-0.2, -0.15) is 0 Å². The number of fused-ring (bicyclic) bond motifs is 6.